The number of para-hydroxylation sites is 1. The highest BCUT2D eigenvalue weighted by Crippen LogP contribution is 2.18. The van der Waals surface area contributed by atoms with Crippen LogP contribution >= 0.6 is 0 Å². The number of fused-ring (bicyclic) bond motifs is 1. The maximum absolute atomic E-state index is 12.3. The monoisotopic (exact) mass is 329 g/mol. The molecule has 0 aliphatic carbocycles. The number of hydrogen-bond donors (Lipinski definition) is 2. The summed E-state index contributed by atoms with van der Waals surface area (Å²) in [6, 6.07) is 8.06. The van der Waals surface area contributed by atoms with Crippen LogP contribution in [0.25, 0.3) is 10.9 Å². The molecule has 0 bridgehead atoms. The Morgan fingerprint density at radius 1 is 1.42 bits per heavy atom. The van der Waals surface area contributed by atoms with Crippen LogP contribution < -0.4 is 5.32 Å². The van der Waals surface area contributed by atoms with E-state index in [4.69, 9.17) is 4.74 Å². The van der Waals surface area contributed by atoms with E-state index >= 15 is 0 Å². The molecule has 5 nitrogen and oxygen atoms in total. The van der Waals surface area contributed by atoms with Gasteiger partial charge in [-0.2, -0.15) is 0 Å². The fourth-order valence-corrected chi connectivity index (χ4v) is 3.33. The van der Waals surface area contributed by atoms with Crippen molar-refractivity contribution in [3.05, 3.63) is 36.0 Å². The Morgan fingerprint density at radius 3 is 3.08 bits per heavy atom. The Morgan fingerprint density at radius 2 is 2.25 bits per heavy atom. The first-order valence-electron chi connectivity index (χ1n) is 8.77. The molecule has 0 spiro atoms. The summed E-state index contributed by atoms with van der Waals surface area (Å²) in [5.74, 6) is 0.699. The number of amides is 1. The molecule has 0 unspecified atom stereocenters. The normalized spacial score (nSPS) is 19.0. The molecule has 1 aromatic carbocycles. The van der Waals surface area contributed by atoms with Crippen molar-refractivity contribution in [2.45, 2.75) is 26.4 Å². The van der Waals surface area contributed by atoms with Crippen LogP contribution in [-0.2, 0) is 16.0 Å². The highest BCUT2D eigenvalue weighted by molar-refractivity contribution is 5.88. The number of ether oxygens (including phenoxy) is 1. The molecule has 1 aromatic heterocycles. The summed E-state index contributed by atoms with van der Waals surface area (Å²) in [6.45, 7) is 8.75. The minimum atomic E-state index is 0.0457. The zero-order chi connectivity index (χ0) is 16.9. The van der Waals surface area contributed by atoms with E-state index in [0.29, 0.717) is 18.9 Å². The first-order chi connectivity index (χ1) is 11.6. The third-order valence-electron chi connectivity index (χ3n) is 4.40. The first-order valence-corrected chi connectivity index (χ1v) is 8.77. The van der Waals surface area contributed by atoms with Gasteiger partial charge in [-0.25, -0.2) is 0 Å². The number of benzene rings is 1. The van der Waals surface area contributed by atoms with Gasteiger partial charge < -0.3 is 15.0 Å². The van der Waals surface area contributed by atoms with Crippen LogP contribution in [0.3, 0.4) is 0 Å². The topological polar surface area (TPSA) is 57.4 Å². The van der Waals surface area contributed by atoms with E-state index in [1.54, 1.807) is 0 Å². The quantitative estimate of drug-likeness (QED) is 0.854. The second kappa shape index (κ2) is 7.81. The molecule has 0 radical (unpaired) electrons. The Kier molecular flexibility index (Phi) is 5.53. The third kappa shape index (κ3) is 4.36. The molecule has 2 heterocycles. The average molecular weight is 329 g/mol. The Balaban J connectivity index is 1.49. The lowest BCUT2D eigenvalue weighted by atomic mass is 10.1. The van der Waals surface area contributed by atoms with Crippen LogP contribution in [0.4, 0.5) is 0 Å². The lowest BCUT2D eigenvalue weighted by Gasteiger charge is -2.33. The fourth-order valence-electron chi connectivity index (χ4n) is 3.33. The molecule has 1 amide bonds. The largest absolute Gasteiger partial charge is 0.374 e. The molecule has 1 aliphatic heterocycles. The molecule has 1 saturated heterocycles. The van der Waals surface area contributed by atoms with Crippen LogP contribution in [0.5, 0.6) is 0 Å². The first kappa shape index (κ1) is 17.0. The number of aromatic amines is 1. The van der Waals surface area contributed by atoms with Crippen molar-refractivity contribution in [1.82, 2.24) is 15.2 Å². The maximum atomic E-state index is 12.3. The van der Waals surface area contributed by atoms with Crippen molar-refractivity contribution in [2.75, 3.05) is 32.8 Å². The number of nitrogens with one attached hydrogen (secondary N) is 2. The highest BCUT2D eigenvalue weighted by Gasteiger charge is 2.21. The van der Waals surface area contributed by atoms with Gasteiger partial charge in [0, 0.05) is 43.3 Å². The molecule has 2 N–H and O–H groups in total. The maximum Gasteiger partial charge on any atom is 0.224 e. The number of morpholine rings is 1. The summed E-state index contributed by atoms with van der Waals surface area (Å²) in [5, 5.41) is 4.14. The number of H-pyrrole nitrogens is 1. The van der Waals surface area contributed by atoms with E-state index in [-0.39, 0.29) is 12.0 Å². The van der Waals surface area contributed by atoms with E-state index in [9.17, 15) is 4.79 Å². The van der Waals surface area contributed by atoms with Crippen LogP contribution in [0.15, 0.2) is 30.5 Å². The van der Waals surface area contributed by atoms with Gasteiger partial charge in [-0.1, -0.05) is 32.0 Å². The fraction of sp³-hybridized carbons (Fsp3) is 0.526. The zero-order valence-electron chi connectivity index (χ0n) is 14.5. The summed E-state index contributed by atoms with van der Waals surface area (Å²) in [7, 11) is 0. The second-order valence-corrected chi connectivity index (χ2v) is 6.99. The lowest BCUT2D eigenvalue weighted by Crippen LogP contribution is -2.48. The number of nitrogens with zero attached hydrogens (tertiary/aromatic N) is 1. The average Bonchev–Trinajstić information content (AvgIpc) is 2.96. The van der Waals surface area contributed by atoms with Crippen LogP contribution in [0, 0.1) is 5.92 Å². The van der Waals surface area contributed by atoms with Gasteiger partial charge in [-0.15, -0.1) is 0 Å². The van der Waals surface area contributed by atoms with E-state index < -0.39 is 0 Å². The SMILES string of the molecule is CC(C)CN1CCO[C@H](CNC(=O)Cc2c[nH]c3ccccc23)C1. The molecule has 2 aromatic rings. The molecular formula is C19H27N3O2. The lowest BCUT2D eigenvalue weighted by molar-refractivity contribution is -0.121. The predicted molar refractivity (Wildman–Crippen MR) is 96.0 cm³/mol. The number of hydrogen-bond acceptors (Lipinski definition) is 3. The molecule has 0 saturated carbocycles. The van der Waals surface area contributed by atoms with Crippen LogP contribution in [-0.4, -0.2) is 54.7 Å². The van der Waals surface area contributed by atoms with Gasteiger partial charge in [-0.05, 0) is 17.5 Å². The van der Waals surface area contributed by atoms with E-state index in [1.165, 1.54) is 0 Å². The minimum Gasteiger partial charge on any atom is -0.374 e. The van der Waals surface area contributed by atoms with Gasteiger partial charge in [0.05, 0.1) is 19.1 Å². The number of aromatic nitrogens is 1. The van der Waals surface area contributed by atoms with Crippen molar-refractivity contribution in [3.63, 3.8) is 0 Å². The van der Waals surface area contributed by atoms with Gasteiger partial charge in [0.1, 0.15) is 0 Å². The van der Waals surface area contributed by atoms with Crippen molar-refractivity contribution in [1.29, 1.82) is 0 Å². The van der Waals surface area contributed by atoms with Crippen molar-refractivity contribution in [2.24, 2.45) is 5.92 Å². The Hall–Kier alpha value is -1.85. The Bertz CT molecular complexity index is 680. The number of carbonyl (C=O) groups excluding carboxylic acids is 1. The molecular weight excluding hydrogens is 302 g/mol. The summed E-state index contributed by atoms with van der Waals surface area (Å²) in [5.41, 5.74) is 2.11. The second-order valence-electron chi connectivity index (χ2n) is 6.99. The predicted octanol–water partition coefficient (Wildman–Crippen LogP) is 2.18. The van der Waals surface area contributed by atoms with Crippen molar-refractivity contribution in [3.8, 4) is 0 Å². The van der Waals surface area contributed by atoms with Gasteiger partial charge in [-0.3, -0.25) is 9.69 Å². The third-order valence-corrected chi connectivity index (χ3v) is 4.40. The molecule has 130 valence electrons. The van der Waals surface area contributed by atoms with Gasteiger partial charge in [0.2, 0.25) is 5.91 Å². The highest BCUT2D eigenvalue weighted by atomic mass is 16.5. The molecule has 1 fully saturated rings. The van der Waals surface area contributed by atoms with Gasteiger partial charge >= 0.3 is 0 Å². The summed E-state index contributed by atoms with van der Waals surface area (Å²) in [6.07, 6.45) is 2.41. The van der Waals surface area contributed by atoms with E-state index in [2.05, 4.69) is 29.0 Å². The number of carbonyl (C=O) groups is 1. The number of rotatable bonds is 6. The Labute approximate surface area is 143 Å². The van der Waals surface area contributed by atoms with Gasteiger partial charge in [0.15, 0.2) is 0 Å². The van der Waals surface area contributed by atoms with Crippen molar-refractivity contribution >= 4 is 16.8 Å². The molecule has 3 rings (SSSR count). The summed E-state index contributed by atoms with van der Waals surface area (Å²) >= 11 is 0. The van der Waals surface area contributed by atoms with E-state index in [1.807, 2.05) is 30.5 Å². The molecule has 5 heteroatoms. The van der Waals surface area contributed by atoms with Crippen LogP contribution in [0.1, 0.15) is 19.4 Å². The molecule has 1 aliphatic rings. The summed E-state index contributed by atoms with van der Waals surface area (Å²) in [4.78, 5) is 17.9. The van der Waals surface area contributed by atoms with Crippen LogP contribution in [0.2, 0.25) is 0 Å². The van der Waals surface area contributed by atoms with Crippen molar-refractivity contribution < 1.29 is 9.53 Å². The summed E-state index contributed by atoms with van der Waals surface area (Å²) < 4.78 is 5.78. The standard InChI is InChI=1S/C19H27N3O2/c1-14(2)12-22-7-8-24-16(13-22)11-21-19(23)9-15-10-20-18-6-4-3-5-17(15)18/h3-6,10,14,16,20H,7-9,11-13H2,1-2H3,(H,21,23)/t16-/m1/s1. The smallest absolute Gasteiger partial charge is 0.224 e. The van der Waals surface area contributed by atoms with Gasteiger partial charge in [0.25, 0.3) is 0 Å². The zero-order valence-corrected chi connectivity index (χ0v) is 14.5. The molecule has 24 heavy (non-hydrogen) atoms. The minimum absolute atomic E-state index is 0.0457. The molecule has 1 atom stereocenters. The van der Waals surface area contributed by atoms with E-state index in [0.717, 1.165) is 42.7 Å².